The van der Waals surface area contributed by atoms with E-state index in [2.05, 4.69) is 4.98 Å². The monoisotopic (exact) mass is 501 g/mol. The Morgan fingerprint density at radius 1 is 0.943 bits per heavy atom. The van der Waals surface area contributed by atoms with Crippen LogP contribution in [0.25, 0.3) is 11.1 Å². The first-order chi connectivity index (χ1) is 16.7. The van der Waals surface area contributed by atoms with E-state index in [4.69, 9.17) is 30.5 Å². The van der Waals surface area contributed by atoms with Gasteiger partial charge in [-0.2, -0.15) is 0 Å². The first-order valence-electron chi connectivity index (χ1n) is 10.7. The molecule has 0 aliphatic heterocycles. The van der Waals surface area contributed by atoms with Crippen LogP contribution >= 0.6 is 11.6 Å². The number of carbonyl (C=O) groups is 2. The number of rotatable bonds is 8. The number of carbonyl (C=O) groups excluding carboxylic acids is 2. The molecule has 1 heterocycles. The number of pyridine rings is 1. The van der Waals surface area contributed by atoms with Crippen LogP contribution in [0.5, 0.6) is 11.5 Å². The quantitative estimate of drug-likeness (QED) is 0.365. The van der Waals surface area contributed by atoms with Crippen molar-refractivity contribution in [3.63, 3.8) is 0 Å². The maximum Gasteiger partial charge on any atom is 0.340 e. The summed E-state index contributed by atoms with van der Waals surface area (Å²) in [5.41, 5.74) is 2.05. The largest absolute Gasteiger partial charge is 0.490 e. The lowest BCUT2D eigenvalue weighted by Gasteiger charge is -2.19. The van der Waals surface area contributed by atoms with Crippen molar-refractivity contribution in [3.05, 3.63) is 75.3 Å². The second-order valence-corrected chi connectivity index (χ2v) is 7.88. The molecule has 2 aromatic carbocycles. The predicted octanol–water partition coefficient (Wildman–Crippen LogP) is 5.71. The van der Waals surface area contributed by atoms with Crippen LogP contribution in [0.4, 0.5) is 4.39 Å². The summed E-state index contributed by atoms with van der Waals surface area (Å²) < 4.78 is 35.7. The highest BCUT2D eigenvalue weighted by Gasteiger charge is 2.28. The van der Waals surface area contributed by atoms with E-state index in [0.717, 1.165) is 0 Å². The number of hydrogen-bond donors (Lipinski definition) is 0. The number of ether oxygens (including phenoxy) is 4. The van der Waals surface area contributed by atoms with Crippen molar-refractivity contribution in [1.29, 1.82) is 0 Å². The molecule has 3 rings (SSSR count). The van der Waals surface area contributed by atoms with Crippen molar-refractivity contribution in [1.82, 2.24) is 4.98 Å². The lowest BCUT2D eigenvalue weighted by atomic mass is 9.92. The van der Waals surface area contributed by atoms with Crippen molar-refractivity contribution < 1.29 is 32.9 Å². The molecule has 0 aliphatic rings. The summed E-state index contributed by atoms with van der Waals surface area (Å²) in [6, 6.07) is 9.30. The van der Waals surface area contributed by atoms with Crippen LogP contribution in [0.15, 0.2) is 36.4 Å². The summed E-state index contributed by atoms with van der Waals surface area (Å²) in [4.78, 5) is 29.7. The van der Waals surface area contributed by atoms with Crippen LogP contribution < -0.4 is 9.47 Å². The van der Waals surface area contributed by atoms with E-state index in [-0.39, 0.29) is 28.3 Å². The smallest absolute Gasteiger partial charge is 0.340 e. The van der Waals surface area contributed by atoms with Crippen molar-refractivity contribution in [3.8, 4) is 22.6 Å². The molecule has 0 amide bonds. The maximum absolute atomic E-state index is 14.2. The van der Waals surface area contributed by atoms with E-state index in [1.54, 1.807) is 45.0 Å². The van der Waals surface area contributed by atoms with Gasteiger partial charge in [0.15, 0.2) is 11.5 Å². The molecule has 7 nitrogen and oxygen atoms in total. The number of hydrogen-bond acceptors (Lipinski definition) is 7. The molecule has 1 aromatic heterocycles. The molecule has 184 valence electrons. The Balaban J connectivity index is 2.16. The molecule has 35 heavy (non-hydrogen) atoms. The average molecular weight is 502 g/mol. The minimum absolute atomic E-state index is 0.126. The predicted molar refractivity (Wildman–Crippen MR) is 129 cm³/mol. The maximum atomic E-state index is 14.2. The van der Waals surface area contributed by atoms with Gasteiger partial charge >= 0.3 is 11.9 Å². The van der Waals surface area contributed by atoms with Gasteiger partial charge in [-0.25, -0.2) is 14.0 Å². The molecule has 0 unspecified atom stereocenters. The highest BCUT2D eigenvalue weighted by Crippen LogP contribution is 2.38. The fourth-order valence-corrected chi connectivity index (χ4v) is 3.93. The van der Waals surface area contributed by atoms with E-state index < -0.39 is 17.8 Å². The molecule has 0 N–H and O–H groups in total. The van der Waals surface area contributed by atoms with Crippen LogP contribution in [-0.2, 0) is 16.1 Å². The minimum Gasteiger partial charge on any atom is -0.490 e. The number of halogens is 2. The van der Waals surface area contributed by atoms with E-state index in [1.165, 1.54) is 26.4 Å². The first kappa shape index (κ1) is 26.0. The van der Waals surface area contributed by atoms with Gasteiger partial charge in [-0.15, -0.1) is 0 Å². The summed E-state index contributed by atoms with van der Waals surface area (Å²) in [5, 5.41) is 0.243. The first-order valence-corrected chi connectivity index (χ1v) is 11.1. The van der Waals surface area contributed by atoms with Crippen molar-refractivity contribution >= 4 is 23.5 Å². The number of esters is 2. The van der Waals surface area contributed by atoms with E-state index in [0.29, 0.717) is 40.6 Å². The van der Waals surface area contributed by atoms with Crippen LogP contribution in [0, 0.1) is 19.7 Å². The summed E-state index contributed by atoms with van der Waals surface area (Å²) in [7, 11) is 2.50. The molecular weight excluding hydrogens is 477 g/mol. The van der Waals surface area contributed by atoms with Gasteiger partial charge in [0.05, 0.1) is 48.4 Å². The Morgan fingerprint density at radius 2 is 1.57 bits per heavy atom. The summed E-state index contributed by atoms with van der Waals surface area (Å²) in [5.74, 6) is -1.13. The molecule has 0 fully saturated rings. The zero-order chi connectivity index (χ0) is 25.7. The second-order valence-electron chi connectivity index (χ2n) is 7.47. The number of nitrogens with zero attached hydrogens (tertiary/aromatic N) is 1. The standard InChI is InChI=1S/C26H25ClFNO6/c1-6-34-21-12-16(10-11-20(21)35-13-17-18(27)8-7-9-19(17)28)24-22(25(30)32-4)14(2)29-15(3)23(24)26(31)33-5/h7-12H,6,13H2,1-5H3. The number of aryl methyl sites for hydroxylation is 2. The third-order valence-electron chi connectivity index (χ3n) is 5.30. The Labute approximate surface area is 207 Å². The van der Waals surface area contributed by atoms with Crippen LogP contribution in [0.1, 0.15) is 44.6 Å². The van der Waals surface area contributed by atoms with Gasteiger partial charge in [-0.05, 0) is 50.6 Å². The van der Waals surface area contributed by atoms with E-state index >= 15 is 0 Å². The molecule has 3 aromatic rings. The zero-order valence-electron chi connectivity index (χ0n) is 20.0. The fraction of sp³-hybridized carbons (Fsp3) is 0.269. The van der Waals surface area contributed by atoms with E-state index in [9.17, 15) is 14.0 Å². The normalized spacial score (nSPS) is 10.6. The number of benzene rings is 2. The highest BCUT2D eigenvalue weighted by molar-refractivity contribution is 6.31. The van der Waals surface area contributed by atoms with Crippen LogP contribution in [-0.4, -0.2) is 37.7 Å². The third-order valence-corrected chi connectivity index (χ3v) is 5.66. The number of methoxy groups -OCH3 is 2. The molecule has 0 saturated heterocycles. The fourth-order valence-electron chi connectivity index (χ4n) is 3.71. The zero-order valence-corrected chi connectivity index (χ0v) is 20.8. The summed E-state index contributed by atoms with van der Waals surface area (Å²) in [6.07, 6.45) is 0. The minimum atomic E-state index is -0.650. The van der Waals surface area contributed by atoms with Gasteiger partial charge in [-0.1, -0.05) is 23.7 Å². The Bertz CT molecular complexity index is 1220. The lowest BCUT2D eigenvalue weighted by molar-refractivity contribution is 0.0599. The van der Waals surface area contributed by atoms with Gasteiger partial charge in [0.1, 0.15) is 12.4 Å². The van der Waals surface area contributed by atoms with E-state index in [1.807, 2.05) is 0 Å². The number of aromatic nitrogens is 1. The van der Waals surface area contributed by atoms with Gasteiger partial charge < -0.3 is 18.9 Å². The molecule has 0 radical (unpaired) electrons. The van der Waals surface area contributed by atoms with Crippen molar-refractivity contribution in [2.45, 2.75) is 27.4 Å². The molecule has 0 atom stereocenters. The third kappa shape index (κ3) is 5.38. The van der Waals surface area contributed by atoms with Gasteiger partial charge in [0.2, 0.25) is 0 Å². The second kappa shape index (κ2) is 11.2. The topological polar surface area (TPSA) is 84.0 Å². The van der Waals surface area contributed by atoms with Gasteiger partial charge in [0.25, 0.3) is 0 Å². The summed E-state index contributed by atoms with van der Waals surface area (Å²) in [6.45, 7) is 5.29. The molecule has 0 spiro atoms. The molecule has 9 heteroatoms. The highest BCUT2D eigenvalue weighted by atomic mass is 35.5. The van der Waals surface area contributed by atoms with Crippen LogP contribution in [0.3, 0.4) is 0 Å². The average Bonchev–Trinajstić information content (AvgIpc) is 2.83. The molecule has 0 saturated carbocycles. The molecule has 0 aliphatic carbocycles. The van der Waals surface area contributed by atoms with Crippen LogP contribution in [0.2, 0.25) is 5.02 Å². The Hall–Kier alpha value is -3.65. The van der Waals surface area contributed by atoms with Gasteiger partial charge in [0, 0.05) is 11.1 Å². The Kier molecular flexibility index (Phi) is 8.30. The molecule has 0 bridgehead atoms. The summed E-state index contributed by atoms with van der Waals surface area (Å²) >= 11 is 6.11. The SMILES string of the molecule is CCOc1cc(-c2c(C(=O)OC)c(C)nc(C)c2C(=O)OC)ccc1OCc1c(F)cccc1Cl. The van der Waals surface area contributed by atoms with Crippen molar-refractivity contribution in [2.24, 2.45) is 0 Å². The Morgan fingerprint density at radius 3 is 2.11 bits per heavy atom. The van der Waals surface area contributed by atoms with Gasteiger partial charge in [-0.3, -0.25) is 4.98 Å². The molecular formula is C26H25ClFNO6. The van der Waals surface area contributed by atoms with Crippen molar-refractivity contribution in [2.75, 3.05) is 20.8 Å². The lowest BCUT2D eigenvalue weighted by Crippen LogP contribution is -2.16.